The van der Waals surface area contributed by atoms with Crippen LogP contribution >= 0.6 is 0 Å². The summed E-state index contributed by atoms with van der Waals surface area (Å²) in [5.41, 5.74) is 0. The summed E-state index contributed by atoms with van der Waals surface area (Å²) in [6, 6.07) is 0.447. The molecule has 0 spiro atoms. The van der Waals surface area contributed by atoms with Gasteiger partial charge in [0.2, 0.25) is 5.91 Å². The quantitative estimate of drug-likeness (QED) is 0.709. The standard InChI is InChI=1S/C12H22N2O/c1-14-8-7-13-11(9-12(14)15)10-5-3-2-4-6-10/h10-11,13H,2-9H2,1H3. The van der Waals surface area contributed by atoms with Gasteiger partial charge in [-0.05, 0) is 18.8 Å². The second-order valence-electron chi connectivity index (χ2n) is 4.98. The minimum Gasteiger partial charge on any atom is -0.344 e. The Hall–Kier alpha value is -0.570. The number of carbonyl (C=O) groups excluding carboxylic acids is 1. The second-order valence-corrected chi connectivity index (χ2v) is 4.98. The smallest absolute Gasteiger partial charge is 0.223 e. The molecule has 1 unspecified atom stereocenters. The second kappa shape index (κ2) is 4.97. The predicted molar refractivity (Wildman–Crippen MR) is 60.6 cm³/mol. The monoisotopic (exact) mass is 210 g/mol. The molecular formula is C12H22N2O. The third-order valence-electron chi connectivity index (χ3n) is 3.89. The molecule has 1 amide bonds. The zero-order valence-electron chi connectivity index (χ0n) is 9.67. The van der Waals surface area contributed by atoms with Crippen molar-refractivity contribution < 1.29 is 4.79 Å². The Morgan fingerprint density at radius 2 is 2.00 bits per heavy atom. The summed E-state index contributed by atoms with van der Waals surface area (Å²) in [6.45, 7) is 1.82. The molecule has 0 aromatic heterocycles. The van der Waals surface area contributed by atoms with Gasteiger partial charge < -0.3 is 10.2 Å². The maximum atomic E-state index is 11.8. The number of likely N-dealkylation sites (N-methyl/N-ethyl adjacent to an activating group) is 1. The van der Waals surface area contributed by atoms with Crippen LogP contribution in [0.1, 0.15) is 38.5 Å². The maximum Gasteiger partial charge on any atom is 0.223 e. The molecule has 1 atom stereocenters. The predicted octanol–water partition coefficient (Wildman–Crippen LogP) is 1.39. The van der Waals surface area contributed by atoms with Crippen LogP contribution in [0, 0.1) is 5.92 Å². The van der Waals surface area contributed by atoms with Crippen LogP contribution in [-0.4, -0.2) is 37.0 Å². The summed E-state index contributed by atoms with van der Waals surface area (Å²) in [4.78, 5) is 13.6. The van der Waals surface area contributed by atoms with Crippen molar-refractivity contribution >= 4 is 5.91 Å². The fourth-order valence-electron chi connectivity index (χ4n) is 2.83. The first-order valence-corrected chi connectivity index (χ1v) is 6.25. The Labute approximate surface area is 92.2 Å². The van der Waals surface area contributed by atoms with Crippen LogP contribution in [0.2, 0.25) is 0 Å². The Balaban J connectivity index is 1.93. The number of hydrogen-bond donors (Lipinski definition) is 1. The molecule has 1 heterocycles. The highest BCUT2D eigenvalue weighted by atomic mass is 16.2. The minimum atomic E-state index is 0.315. The SMILES string of the molecule is CN1CCNC(C2CCCCC2)CC1=O. The maximum absolute atomic E-state index is 11.8. The third kappa shape index (κ3) is 2.71. The van der Waals surface area contributed by atoms with Gasteiger partial charge in [0.15, 0.2) is 0 Å². The van der Waals surface area contributed by atoms with Crippen LogP contribution in [0.3, 0.4) is 0 Å². The number of carbonyl (C=O) groups is 1. The summed E-state index contributed by atoms with van der Waals surface area (Å²) in [6.07, 6.45) is 7.43. The zero-order valence-corrected chi connectivity index (χ0v) is 9.67. The van der Waals surface area contributed by atoms with Crippen molar-refractivity contribution in [3.05, 3.63) is 0 Å². The van der Waals surface area contributed by atoms with Gasteiger partial charge in [0.1, 0.15) is 0 Å². The van der Waals surface area contributed by atoms with Crippen molar-refractivity contribution in [2.75, 3.05) is 20.1 Å². The highest BCUT2D eigenvalue weighted by Gasteiger charge is 2.28. The molecule has 1 aliphatic carbocycles. The fourth-order valence-corrected chi connectivity index (χ4v) is 2.83. The molecule has 0 bridgehead atoms. The highest BCUT2D eigenvalue weighted by molar-refractivity contribution is 5.76. The van der Waals surface area contributed by atoms with Gasteiger partial charge in [0.05, 0.1) is 0 Å². The lowest BCUT2D eigenvalue weighted by molar-refractivity contribution is -0.129. The van der Waals surface area contributed by atoms with E-state index in [-0.39, 0.29) is 0 Å². The van der Waals surface area contributed by atoms with Crippen molar-refractivity contribution in [1.29, 1.82) is 0 Å². The van der Waals surface area contributed by atoms with Gasteiger partial charge in [-0.3, -0.25) is 4.79 Å². The fraction of sp³-hybridized carbons (Fsp3) is 0.917. The van der Waals surface area contributed by atoms with Gasteiger partial charge in [-0.15, -0.1) is 0 Å². The van der Waals surface area contributed by atoms with Crippen molar-refractivity contribution in [1.82, 2.24) is 10.2 Å². The van der Waals surface area contributed by atoms with E-state index in [0.29, 0.717) is 18.4 Å². The molecule has 0 radical (unpaired) electrons. The van der Waals surface area contributed by atoms with Crippen molar-refractivity contribution in [3.63, 3.8) is 0 Å². The van der Waals surface area contributed by atoms with Gasteiger partial charge in [0.25, 0.3) is 0 Å². The van der Waals surface area contributed by atoms with Crippen LogP contribution in [-0.2, 0) is 4.79 Å². The molecule has 2 aliphatic rings. The van der Waals surface area contributed by atoms with E-state index < -0.39 is 0 Å². The van der Waals surface area contributed by atoms with E-state index in [1.54, 1.807) is 0 Å². The Morgan fingerprint density at radius 3 is 2.73 bits per heavy atom. The summed E-state index contributed by atoms with van der Waals surface area (Å²) in [5, 5.41) is 3.55. The summed E-state index contributed by atoms with van der Waals surface area (Å²) < 4.78 is 0. The molecule has 15 heavy (non-hydrogen) atoms. The van der Waals surface area contributed by atoms with Crippen LogP contribution in [0.25, 0.3) is 0 Å². The zero-order chi connectivity index (χ0) is 10.7. The van der Waals surface area contributed by atoms with E-state index in [1.807, 2.05) is 11.9 Å². The van der Waals surface area contributed by atoms with Crippen LogP contribution in [0.4, 0.5) is 0 Å². The van der Waals surface area contributed by atoms with Crippen molar-refractivity contribution in [2.45, 2.75) is 44.6 Å². The number of nitrogens with one attached hydrogen (secondary N) is 1. The van der Waals surface area contributed by atoms with Gasteiger partial charge >= 0.3 is 0 Å². The van der Waals surface area contributed by atoms with Crippen LogP contribution in [0.5, 0.6) is 0 Å². The average molecular weight is 210 g/mol. The van der Waals surface area contributed by atoms with E-state index in [4.69, 9.17) is 0 Å². The number of rotatable bonds is 1. The average Bonchev–Trinajstić information content (AvgIpc) is 2.43. The molecule has 3 nitrogen and oxygen atoms in total. The van der Waals surface area contributed by atoms with Crippen molar-refractivity contribution in [3.8, 4) is 0 Å². The first kappa shape index (κ1) is 10.9. The van der Waals surface area contributed by atoms with Crippen LogP contribution < -0.4 is 5.32 Å². The van der Waals surface area contributed by atoms with Crippen LogP contribution in [0.15, 0.2) is 0 Å². The molecule has 2 rings (SSSR count). The molecule has 0 aromatic rings. The lowest BCUT2D eigenvalue weighted by Gasteiger charge is -2.29. The molecule has 3 heteroatoms. The van der Waals surface area contributed by atoms with E-state index in [1.165, 1.54) is 32.1 Å². The molecule has 0 aromatic carbocycles. The highest BCUT2D eigenvalue weighted by Crippen LogP contribution is 2.28. The largest absolute Gasteiger partial charge is 0.344 e. The minimum absolute atomic E-state index is 0.315. The van der Waals surface area contributed by atoms with Gasteiger partial charge in [-0.25, -0.2) is 0 Å². The first-order valence-electron chi connectivity index (χ1n) is 6.25. The Bertz CT molecular complexity index is 224. The lowest BCUT2D eigenvalue weighted by atomic mass is 9.82. The number of nitrogens with zero attached hydrogens (tertiary/aromatic N) is 1. The summed E-state index contributed by atoms with van der Waals surface area (Å²) >= 11 is 0. The Morgan fingerprint density at radius 1 is 1.27 bits per heavy atom. The van der Waals surface area contributed by atoms with Gasteiger partial charge in [-0.1, -0.05) is 19.3 Å². The van der Waals surface area contributed by atoms with E-state index in [9.17, 15) is 4.79 Å². The number of hydrogen-bond acceptors (Lipinski definition) is 2. The van der Waals surface area contributed by atoms with Gasteiger partial charge in [-0.2, -0.15) is 0 Å². The number of amides is 1. The lowest BCUT2D eigenvalue weighted by Crippen LogP contribution is -2.38. The van der Waals surface area contributed by atoms with Gasteiger partial charge in [0, 0.05) is 32.6 Å². The molecule has 1 saturated heterocycles. The molecule has 2 fully saturated rings. The molecule has 1 N–H and O–H groups in total. The topological polar surface area (TPSA) is 32.3 Å². The van der Waals surface area contributed by atoms with E-state index in [0.717, 1.165) is 19.0 Å². The summed E-state index contributed by atoms with van der Waals surface area (Å²) in [5.74, 6) is 1.06. The molecular weight excluding hydrogens is 188 g/mol. The molecule has 1 aliphatic heterocycles. The first-order chi connectivity index (χ1) is 7.27. The Kier molecular flexibility index (Phi) is 3.62. The van der Waals surface area contributed by atoms with Crippen molar-refractivity contribution in [2.24, 2.45) is 5.92 Å². The third-order valence-corrected chi connectivity index (χ3v) is 3.89. The summed E-state index contributed by atoms with van der Waals surface area (Å²) in [7, 11) is 1.91. The molecule has 86 valence electrons. The van der Waals surface area contributed by atoms with E-state index in [2.05, 4.69) is 5.32 Å². The van der Waals surface area contributed by atoms with E-state index >= 15 is 0 Å². The normalized spacial score (nSPS) is 30.3. The molecule has 1 saturated carbocycles.